The summed E-state index contributed by atoms with van der Waals surface area (Å²) in [6, 6.07) is 16.1. The first-order chi connectivity index (χ1) is 14.6. The maximum absolute atomic E-state index is 12.4. The van der Waals surface area contributed by atoms with E-state index in [0.717, 1.165) is 42.7 Å². The second-order valence-corrected chi connectivity index (χ2v) is 8.10. The fraction of sp³-hybridized carbons (Fsp3) is 0.304. The number of anilines is 1. The molecule has 0 radical (unpaired) electrons. The largest absolute Gasteiger partial charge is 0.371 e. The van der Waals surface area contributed by atoms with E-state index in [1.807, 2.05) is 54.8 Å². The standard InChI is InChI=1S/C23H27N3O3S/c1-30-20-9-6-17(7-10-20)16-23(28)24-19-12-14-26(15-13-19)21-5-3-2-4-18(21)8-11-22(27)25-29/h2-11,19,29H,12-16H2,1H3,(H,24,28)(H,25,27)/b11-8+. The van der Waals surface area contributed by atoms with Crippen molar-refractivity contribution >= 4 is 35.3 Å². The zero-order valence-corrected chi connectivity index (χ0v) is 17.8. The number of thioether (sulfide) groups is 1. The average molecular weight is 426 g/mol. The molecule has 158 valence electrons. The second kappa shape index (κ2) is 10.8. The molecule has 0 spiro atoms. The van der Waals surface area contributed by atoms with Gasteiger partial charge in [0.15, 0.2) is 0 Å². The van der Waals surface area contributed by atoms with Crippen LogP contribution >= 0.6 is 11.8 Å². The zero-order chi connectivity index (χ0) is 21.3. The zero-order valence-electron chi connectivity index (χ0n) is 17.0. The maximum atomic E-state index is 12.4. The summed E-state index contributed by atoms with van der Waals surface area (Å²) in [6.07, 6.45) is 7.16. The maximum Gasteiger partial charge on any atom is 0.267 e. The minimum absolute atomic E-state index is 0.0590. The Balaban J connectivity index is 1.53. The molecule has 1 heterocycles. The number of piperidine rings is 1. The number of carbonyl (C=O) groups excluding carboxylic acids is 2. The van der Waals surface area contributed by atoms with Gasteiger partial charge in [0.1, 0.15) is 0 Å². The number of hydroxylamine groups is 1. The van der Waals surface area contributed by atoms with Gasteiger partial charge in [0, 0.05) is 35.8 Å². The van der Waals surface area contributed by atoms with E-state index < -0.39 is 5.91 Å². The molecule has 1 aliphatic heterocycles. The van der Waals surface area contributed by atoms with Crippen molar-refractivity contribution < 1.29 is 14.8 Å². The molecule has 30 heavy (non-hydrogen) atoms. The molecule has 0 aliphatic carbocycles. The van der Waals surface area contributed by atoms with Crippen LogP contribution in [0.3, 0.4) is 0 Å². The lowest BCUT2D eigenvalue weighted by molar-refractivity contribution is -0.124. The number of carbonyl (C=O) groups is 2. The summed E-state index contributed by atoms with van der Waals surface area (Å²) in [7, 11) is 0. The molecule has 0 unspecified atom stereocenters. The predicted octanol–water partition coefficient (Wildman–Crippen LogP) is 3.25. The third-order valence-electron chi connectivity index (χ3n) is 5.19. The lowest BCUT2D eigenvalue weighted by atomic mass is 10.0. The van der Waals surface area contributed by atoms with Gasteiger partial charge in [-0.25, -0.2) is 5.48 Å². The van der Waals surface area contributed by atoms with Crippen LogP contribution in [0.4, 0.5) is 5.69 Å². The average Bonchev–Trinajstić information content (AvgIpc) is 2.78. The molecule has 2 aromatic rings. The van der Waals surface area contributed by atoms with Crippen LogP contribution in [0.25, 0.3) is 6.08 Å². The molecule has 1 aliphatic rings. The Kier molecular flexibility index (Phi) is 7.93. The van der Waals surface area contributed by atoms with Gasteiger partial charge in [-0.2, -0.15) is 0 Å². The lowest BCUT2D eigenvalue weighted by Crippen LogP contribution is -2.45. The Morgan fingerprint density at radius 1 is 1.13 bits per heavy atom. The van der Waals surface area contributed by atoms with Gasteiger partial charge in [0.05, 0.1) is 6.42 Å². The van der Waals surface area contributed by atoms with Crippen LogP contribution in [0.1, 0.15) is 24.0 Å². The Labute approximate surface area is 181 Å². The highest BCUT2D eigenvalue weighted by atomic mass is 32.2. The molecule has 1 fully saturated rings. The molecule has 0 saturated carbocycles. The summed E-state index contributed by atoms with van der Waals surface area (Å²) in [5, 5.41) is 11.8. The van der Waals surface area contributed by atoms with Gasteiger partial charge < -0.3 is 10.2 Å². The third kappa shape index (κ3) is 6.11. The molecule has 0 atom stereocenters. The summed E-state index contributed by atoms with van der Waals surface area (Å²) in [5.74, 6) is -0.502. The fourth-order valence-electron chi connectivity index (χ4n) is 3.59. The normalized spacial score (nSPS) is 14.7. The summed E-state index contributed by atoms with van der Waals surface area (Å²) in [5.41, 5.74) is 4.58. The quantitative estimate of drug-likeness (QED) is 0.275. The molecule has 6 nitrogen and oxygen atoms in total. The van der Waals surface area contributed by atoms with Crippen LogP contribution in [0, 0.1) is 0 Å². The minimum Gasteiger partial charge on any atom is -0.371 e. The Hall–Kier alpha value is -2.77. The molecular weight excluding hydrogens is 398 g/mol. The van der Waals surface area contributed by atoms with Gasteiger partial charge in [0.2, 0.25) is 5.91 Å². The molecule has 7 heteroatoms. The van der Waals surface area contributed by atoms with Crippen molar-refractivity contribution in [3.8, 4) is 0 Å². The Morgan fingerprint density at radius 3 is 2.50 bits per heavy atom. The number of hydrogen-bond acceptors (Lipinski definition) is 5. The van der Waals surface area contributed by atoms with Crippen molar-refractivity contribution in [2.75, 3.05) is 24.2 Å². The van der Waals surface area contributed by atoms with Crippen molar-refractivity contribution in [1.29, 1.82) is 0 Å². The molecule has 0 aromatic heterocycles. The van der Waals surface area contributed by atoms with E-state index in [0.29, 0.717) is 6.42 Å². The summed E-state index contributed by atoms with van der Waals surface area (Å²) < 4.78 is 0. The third-order valence-corrected chi connectivity index (χ3v) is 5.93. The Bertz CT molecular complexity index is 891. The number of nitrogens with zero attached hydrogens (tertiary/aromatic N) is 1. The summed E-state index contributed by atoms with van der Waals surface area (Å²) >= 11 is 1.69. The van der Waals surface area contributed by atoms with Crippen molar-refractivity contribution in [3.05, 3.63) is 65.7 Å². The number of benzene rings is 2. The number of para-hydroxylation sites is 1. The van der Waals surface area contributed by atoms with Gasteiger partial charge in [-0.3, -0.25) is 14.8 Å². The van der Waals surface area contributed by atoms with Crippen molar-refractivity contribution in [2.24, 2.45) is 0 Å². The Morgan fingerprint density at radius 2 is 1.83 bits per heavy atom. The number of hydrogen-bond donors (Lipinski definition) is 3. The van der Waals surface area contributed by atoms with Gasteiger partial charge in [-0.05, 0) is 54.5 Å². The predicted molar refractivity (Wildman–Crippen MR) is 121 cm³/mol. The van der Waals surface area contributed by atoms with Gasteiger partial charge in [-0.1, -0.05) is 30.3 Å². The smallest absolute Gasteiger partial charge is 0.267 e. The van der Waals surface area contributed by atoms with Gasteiger partial charge in [0.25, 0.3) is 5.91 Å². The SMILES string of the molecule is CSc1ccc(CC(=O)NC2CCN(c3ccccc3/C=C/C(=O)NO)CC2)cc1. The van der Waals surface area contributed by atoms with Gasteiger partial charge in [-0.15, -0.1) is 11.8 Å². The van der Waals surface area contributed by atoms with E-state index in [-0.39, 0.29) is 11.9 Å². The van der Waals surface area contributed by atoms with E-state index in [1.165, 1.54) is 11.0 Å². The van der Waals surface area contributed by atoms with E-state index in [4.69, 9.17) is 5.21 Å². The van der Waals surface area contributed by atoms with E-state index in [9.17, 15) is 9.59 Å². The first-order valence-corrected chi connectivity index (χ1v) is 11.2. The molecule has 2 aromatic carbocycles. The van der Waals surface area contributed by atoms with E-state index in [1.54, 1.807) is 23.3 Å². The van der Waals surface area contributed by atoms with Crippen LogP contribution in [0.2, 0.25) is 0 Å². The topological polar surface area (TPSA) is 81.7 Å². The van der Waals surface area contributed by atoms with Gasteiger partial charge >= 0.3 is 0 Å². The van der Waals surface area contributed by atoms with Crippen LogP contribution in [0.15, 0.2) is 59.5 Å². The first kappa shape index (κ1) is 21.9. The van der Waals surface area contributed by atoms with E-state index in [2.05, 4.69) is 10.2 Å². The second-order valence-electron chi connectivity index (χ2n) is 7.22. The molecule has 0 bridgehead atoms. The summed E-state index contributed by atoms with van der Waals surface area (Å²) in [4.78, 5) is 27.2. The van der Waals surface area contributed by atoms with E-state index >= 15 is 0 Å². The monoisotopic (exact) mass is 425 g/mol. The van der Waals surface area contributed by atoms with Crippen molar-refractivity contribution in [3.63, 3.8) is 0 Å². The molecule has 3 rings (SSSR count). The van der Waals surface area contributed by atoms with Crippen molar-refractivity contribution in [1.82, 2.24) is 10.8 Å². The molecule has 2 amide bonds. The number of nitrogens with one attached hydrogen (secondary N) is 2. The van der Waals surface area contributed by atoms with Crippen LogP contribution in [-0.4, -0.2) is 42.4 Å². The first-order valence-electron chi connectivity index (χ1n) is 9.97. The fourth-order valence-corrected chi connectivity index (χ4v) is 4.00. The van der Waals surface area contributed by atoms with Crippen LogP contribution < -0.4 is 15.7 Å². The number of rotatable bonds is 7. The highest BCUT2D eigenvalue weighted by Gasteiger charge is 2.22. The van der Waals surface area contributed by atoms with Crippen LogP contribution in [-0.2, 0) is 16.0 Å². The minimum atomic E-state index is -0.561. The highest BCUT2D eigenvalue weighted by molar-refractivity contribution is 7.98. The highest BCUT2D eigenvalue weighted by Crippen LogP contribution is 2.25. The summed E-state index contributed by atoms with van der Waals surface area (Å²) in [6.45, 7) is 1.65. The molecule has 3 N–H and O–H groups in total. The van der Waals surface area contributed by atoms with Crippen molar-refractivity contribution in [2.45, 2.75) is 30.2 Å². The molecule has 1 saturated heterocycles. The van der Waals surface area contributed by atoms with Crippen LogP contribution in [0.5, 0.6) is 0 Å². The molecular formula is C23H27N3O3S. The lowest BCUT2D eigenvalue weighted by Gasteiger charge is -2.34. The number of amides is 2.